The summed E-state index contributed by atoms with van der Waals surface area (Å²) < 4.78 is 5.50. The molecule has 1 N–H and O–H groups in total. The molecule has 20 heavy (non-hydrogen) atoms. The maximum atomic E-state index is 11.3. The van der Waals surface area contributed by atoms with Crippen LogP contribution in [0.2, 0.25) is 0 Å². The Labute approximate surface area is 119 Å². The minimum absolute atomic E-state index is 0.0556. The average molecular weight is 278 g/mol. The minimum Gasteiger partial charge on any atom is -0.487 e. The third kappa shape index (κ3) is 3.21. The first-order chi connectivity index (χ1) is 9.63. The van der Waals surface area contributed by atoms with Crippen LogP contribution in [-0.2, 0) is 0 Å². The van der Waals surface area contributed by atoms with Gasteiger partial charge in [-0.3, -0.25) is 10.1 Å². The lowest BCUT2D eigenvalue weighted by molar-refractivity contribution is -0.385. The van der Waals surface area contributed by atoms with Crippen molar-refractivity contribution in [3.05, 3.63) is 28.3 Å². The number of hydrogen-bond donors (Lipinski definition) is 1. The molecule has 2 rings (SSSR count). The number of nitro benzene ring substituents is 1. The van der Waals surface area contributed by atoms with E-state index >= 15 is 0 Å². The lowest BCUT2D eigenvalue weighted by Crippen LogP contribution is -2.22. The fourth-order valence-corrected chi connectivity index (χ4v) is 2.72. The van der Waals surface area contributed by atoms with Gasteiger partial charge in [0.15, 0.2) is 5.75 Å². The molecule has 0 aromatic heterocycles. The van der Waals surface area contributed by atoms with Crippen LogP contribution < -0.4 is 10.1 Å². The van der Waals surface area contributed by atoms with Gasteiger partial charge >= 0.3 is 5.69 Å². The van der Waals surface area contributed by atoms with E-state index < -0.39 is 0 Å². The zero-order valence-corrected chi connectivity index (χ0v) is 12.1. The van der Waals surface area contributed by atoms with Gasteiger partial charge in [-0.15, -0.1) is 0 Å². The van der Waals surface area contributed by atoms with Crippen molar-refractivity contribution in [2.45, 2.75) is 45.6 Å². The Bertz CT molecular complexity index is 476. The quantitative estimate of drug-likeness (QED) is 0.631. The van der Waals surface area contributed by atoms with Gasteiger partial charge < -0.3 is 10.1 Å². The second-order valence-corrected chi connectivity index (χ2v) is 5.42. The largest absolute Gasteiger partial charge is 0.487 e. The van der Waals surface area contributed by atoms with Gasteiger partial charge in [0, 0.05) is 6.04 Å². The van der Waals surface area contributed by atoms with Crippen LogP contribution in [0.5, 0.6) is 5.75 Å². The number of nitrogens with one attached hydrogen (secondary N) is 1. The van der Waals surface area contributed by atoms with Gasteiger partial charge in [-0.05, 0) is 37.3 Å². The SMILES string of the molecule is CCCOc1cccc(NC2CCCC2C)c1[N+](=O)[O-]. The maximum Gasteiger partial charge on any atom is 0.333 e. The van der Waals surface area contributed by atoms with Crippen LogP contribution in [0.4, 0.5) is 11.4 Å². The molecule has 5 nitrogen and oxygen atoms in total. The molecule has 0 spiro atoms. The summed E-state index contributed by atoms with van der Waals surface area (Å²) in [5.74, 6) is 0.905. The number of hydrogen-bond acceptors (Lipinski definition) is 4. The second kappa shape index (κ2) is 6.59. The average Bonchev–Trinajstić information content (AvgIpc) is 2.81. The molecular formula is C15H22N2O3. The van der Waals surface area contributed by atoms with Gasteiger partial charge in [0.05, 0.1) is 11.5 Å². The van der Waals surface area contributed by atoms with Crippen molar-refractivity contribution in [1.82, 2.24) is 0 Å². The first-order valence-electron chi connectivity index (χ1n) is 7.30. The fourth-order valence-electron chi connectivity index (χ4n) is 2.72. The minimum atomic E-state index is -0.354. The van der Waals surface area contributed by atoms with Crippen molar-refractivity contribution in [3.8, 4) is 5.75 Å². The predicted octanol–water partition coefficient (Wildman–Crippen LogP) is 3.98. The highest BCUT2D eigenvalue weighted by Gasteiger charge is 2.27. The highest BCUT2D eigenvalue weighted by atomic mass is 16.6. The lowest BCUT2D eigenvalue weighted by atomic mass is 10.1. The molecule has 1 aromatic carbocycles. The van der Waals surface area contributed by atoms with Gasteiger partial charge in [-0.2, -0.15) is 0 Å². The molecule has 1 fully saturated rings. The first kappa shape index (κ1) is 14.6. The van der Waals surface area contributed by atoms with Crippen molar-refractivity contribution in [2.75, 3.05) is 11.9 Å². The topological polar surface area (TPSA) is 64.4 Å². The summed E-state index contributed by atoms with van der Waals surface area (Å²) in [4.78, 5) is 11.0. The van der Waals surface area contributed by atoms with E-state index in [1.54, 1.807) is 18.2 Å². The molecule has 0 saturated heterocycles. The number of benzene rings is 1. The number of rotatable bonds is 6. The van der Waals surface area contributed by atoms with Gasteiger partial charge in [0.25, 0.3) is 0 Å². The molecule has 0 heterocycles. The standard InChI is InChI=1S/C15H22N2O3/c1-3-10-20-14-9-5-8-13(15(14)17(18)19)16-12-7-4-6-11(12)2/h5,8-9,11-12,16H,3-4,6-7,10H2,1-2H3. The number of para-hydroxylation sites is 1. The Morgan fingerprint density at radius 3 is 2.85 bits per heavy atom. The zero-order chi connectivity index (χ0) is 14.5. The molecule has 0 bridgehead atoms. The van der Waals surface area contributed by atoms with E-state index in [2.05, 4.69) is 12.2 Å². The molecule has 1 aliphatic carbocycles. The number of ether oxygens (including phenoxy) is 1. The van der Waals surface area contributed by atoms with Crippen molar-refractivity contribution < 1.29 is 9.66 Å². The Kier molecular flexibility index (Phi) is 4.82. The summed E-state index contributed by atoms with van der Waals surface area (Å²) in [6.07, 6.45) is 4.25. The van der Waals surface area contributed by atoms with Crippen LogP contribution in [-0.4, -0.2) is 17.6 Å². The van der Waals surface area contributed by atoms with E-state index in [0.29, 0.717) is 30.0 Å². The van der Waals surface area contributed by atoms with Gasteiger partial charge in [-0.25, -0.2) is 0 Å². The smallest absolute Gasteiger partial charge is 0.333 e. The van der Waals surface area contributed by atoms with Crippen molar-refractivity contribution in [1.29, 1.82) is 0 Å². The molecular weight excluding hydrogens is 256 g/mol. The van der Waals surface area contributed by atoms with Gasteiger partial charge in [0.1, 0.15) is 5.69 Å². The van der Waals surface area contributed by atoms with Crippen LogP contribution >= 0.6 is 0 Å². The Morgan fingerprint density at radius 2 is 2.25 bits per heavy atom. The van der Waals surface area contributed by atoms with Crippen LogP contribution in [0.15, 0.2) is 18.2 Å². The molecule has 1 aromatic rings. The van der Waals surface area contributed by atoms with E-state index in [0.717, 1.165) is 12.8 Å². The molecule has 1 saturated carbocycles. The molecule has 2 unspecified atom stereocenters. The highest BCUT2D eigenvalue weighted by molar-refractivity contribution is 5.68. The summed E-state index contributed by atoms with van der Waals surface area (Å²) >= 11 is 0. The molecule has 0 radical (unpaired) electrons. The molecule has 0 amide bonds. The monoisotopic (exact) mass is 278 g/mol. The van der Waals surface area contributed by atoms with Crippen LogP contribution in [0.3, 0.4) is 0 Å². The number of anilines is 1. The molecule has 0 aliphatic heterocycles. The summed E-state index contributed by atoms with van der Waals surface area (Å²) in [5, 5.41) is 14.7. The van der Waals surface area contributed by atoms with Crippen LogP contribution in [0.1, 0.15) is 39.5 Å². The van der Waals surface area contributed by atoms with Gasteiger partial charge in [0.2, 0.25) is 0 Å². The fraction of sp³-hybridized carbons (Fsp3) is 0.600. The predicted molar refractivity (Wildman–Crippen MR) is 79.3 cm³/mol. The van der Waals surface area contributed by atoms with E-state index in [1.807, 2.05) is 6.92 Å². The number of nitrogens with zero attached hydrogens (tertiary/aromatic N) is 1. The zero-order valence-electron chi connectivity index (χ0n) is 12.1. The van der Waals surface area contributed by atoms with Gasteiger partial charge in [-0.1, -0.05) is 26.3 Å². The van der Waals surface area contributed by atoms with E-state index in [-0.39, 0.29) is 10.6 Å². The van der Waals surface area contributed by atoms with Crippen LogP contribution in [0, 0.1) is 16.0 Å². The summed E-state index contributed by atoms with van der Waals surface area (Å²) in [7, 11) is 0. The first-order valence-corrected chi connectivity index (χ1v) is 7.30. The van der Waals surface area contributed by atoms with Crippen molar-refractivity contribution in [2.24, 2.45) is 5.92 Å². The van der Waals surface area contributed by atoms with E-state index in [9.17, 15) is 10.1 Å². The summed E-state index contributed by atoms with van der Waals surface area (Å²) in [6, 6.07) is 5.55. The number of nitro groups is 1. The van der Waals surface area contributed by atoms with E-state index in [1.165, 1.54) is 12.8 Å². The normalized spacial score (nSPS) is 21.7. The third-order valence-electron chi connectivity index (χ3n) is 3.85. The Hall–Kier alpha value is -1.78. The summed E-state index contributed by atoms with van der Waals surface area (Å²) in [6.45, 7) is 4.66. The van der Waals surface area contributed by atoms with E-state index in [4.69, 9.17) is 4.74 Å². The Balaban J connectivity index is 2.24. The molecule has 110 valence electrons. The second-order valence-electron chi connectivity index (χ2n) is 5.42. The molecule has 5 heteroatoms. The molecule has 1 aliphatic rings. The lowest BCUT2D eigenvalue weighted by Gasteiger charge is -2.19. The maximum absolute atomic E-state index is 11.3. The summed E-state index contributed by atoms with van der Waals surface area (Å²) in [5.41, 5.74) is 0.627. The third-order valence-corrected chi connectivity index (χ3v) is 3.85. The van der Waals surface area contributed by atoms with Crippen LogP contribution in [0.25, 0.3) is 0 Å². The Morgan fingerprint density at radius 1 is 1.45 bits per heavy atom. The highest BCUT2D eigenvalue weighted by Crippen LogP contribution is 2.37. The molecule has 2 atom stereocenters. The van der Waals surface area contributed by atoms with Crippen molar-refractivity contribution >= 4 is 11.4 Å². The van der Waals surface area contributed by atoms with Crippen molar-refractivity contribution in [3.63, 3.8) is 0 Å².